The van der Waals surface area contributed by atoms with Crippen molar-refractivity contribution in [1.29, 1.82) is 0 Å². The van der Waals surface area contributed by atoms with Crippen LogP contribution in [0.3, 0.4) is 0 Å². The van der Waals surface area contributed by atoms with E-state index in [4.69, 9.17) is 4.43 Å². The lowest BCUT2D eigenvalue weighted by Gasteiger charge is -2.17. The van der Waals surface area contributed by atoms with Crippen molar-refractivity contribution in [3.05, 3.63) is 60.5 Å². The van der Waals surface area contributed by atoms with Crippen molar-refractivity contribution in [3.63, 3.8) is 0 Å². The average Bonchev–Trinajstić information content (AvgIpc) is 2.34. The van der Waals surface area contributed by atoms with Crippen LogP contribution in [0, 0.1) is 0 Å². The quantitative estimate of drug-likeness (QED) is 0.452. The average molecular weight is 269 g/mol. The van der Waals surface area contributed by atoms with Crippen LogP contribution in [0.25, 0.3) is 10.8 Å². The number of aliphatic imine (C=N–C) groups is 1. The molecule has 2 rings (SSSR count). The van der Waals surface area contributed by atoms with Gasteiger partial charge in [0.25, 0.3) is 0 Å². The van der Waals surface area contributed by atoms with Crippen molar-refractivity contribution in [3.8, 4) is 0 Å². The third-order valence-electron chi connectivity index (χ3n) is 2.59. The third-order valence-corrected chi connectivity index (χ3v) is 3.44. The molecule has 0 aliphatic carbocycles. The standard InChI is InChI=1S/C16H19NOSi/c1-13(18-19(2,3)4)17-12-15-10-7-9-14-8-5-6-11-16(14)15/h5-12H,1H2,2-4H3. The molecule has 0 fully saturated rings. The van der Waals surface area contributed by atoms with E-state index in [1.54, 1.807) is 0 Å². The van der Waals surface area contributed by atoms with E-state index in [0.717, 1.165) is 5.56 Å². The maximum Gasteiger partial charge on any atom is 0.244 e. The maximum atomic E-state index is 5.72. The molecule has 0 aliphatic heterocycles. The number of rotatable bonds is 4. The van der Waals surface area contributed by atoms with Crippen molar-refractivity contribution in [2.75, 3.05) is 0 Å². The molecule has 0 radical (unpaired) electrons. The first kappa shape index (κ1) is 13.6. The highest BCUT2D eigenvalue weighted by atomic mass is 28.4. The fourth-order valence-corrected chi connectivity index (χ4v) is 2.64. The van der Waals surface area contributed by atoms with Crippen LogP contribution < -0.4 is 0 Å². The summed E-state index contributed by atoms with van der Waals surface area (Å²) in [5.41, 5.74) is 1.08. The van der Waals surface area contributed by atoms with E-state index in [9.17, 15) is 0 Å². The van der Waals surface area contributed by atoms with Gasteiger partial charge in [0.1, 0.15) is 0 Å². The third kappa shape index (κ3) is 3.79. The SMILES string of the molecule is C=C(N=Cc1cccc2ccccc12)O[Si](C)(C)C. The normalized spacial score (nSPS) is 11.9. The number of benzene rings is 2. The van der Waals surface area contributed by atoms with Crippen LogP contribution in [0.5, 0.6) is 0 Å². The van der Waals surface area contributed by atoms with Crippen LogP contribution in [0.1, 0.15) is 5.56 Å². The fraction of sp³-hybridized carbons (Fsp3) is 0.188. The molecule has 3 heteroatoms. The Morgan fingerprint density at radius 1 is 1.11 bits per heavy atom. The van der Waals surface area contributed by atoms with Gasteiger partial charge >= 0.3 is 0 Å². The summed E-state index contributed by atoms with van der Waals surface area (Å²) < 4.78 is 5.72. The summed E-state index contributed by atoms with van der Waals surface area (Å²) in [5, 5.41) is 2.40. The highest BCUT2D eigenvalue weighted by Crippen LogP contribution is 2.17. The summed E-state index contributed by atoms with van der Waals surface area (Å²) in [6.07, 6.45) is 1.82. The van der Waals surface area contributed by atoms with Crippen LogP contribution in [0.4, 0.5) is 0 Å². The van der Waals surface area contributed by atoms with E-state index in [-0.39, 0.29) is 0 Å². The Balaban J connectivity index is 2.24. The molecule has 2 aromatic rings. The Morgan fingerprint density at radius 2 is 1.79 bits per heavy atom. The minimum atomic E-state index is -1.63. The maximum absolute atomic E-state index is 5.72. The van der Waals surface area contributed by atoms with Gasteiger partial charge in [-0.25, -0.2) is 4.99 Å². The molecule has 0 amide bonds. The minimum absolute atomic E-state index is 0.493. The topological polar surface area (TPSA) is 21.6 Å². The van der Waals surface area contributed by atoms with Gasteiger partial charge in [-0.2, -0.15) is 0 Å². The molecule has 2 aromatic carbocycles. The molecule has 0 aliphatic rings. The largest absolute Gasteiger partial charge is 0.532 e. The van der Waals surface area contributed by atoms with Gasteiger partial charge in [-0.05, 0) is 37.0 Å². The molecule has 0 aromatic heterocycles. The summed E-state index contributed by atoms with van der Waals surface area (Å²) >= 11 is 0. The van der Waals surface area contributed by atoms with Gasteiger partial charge in [0, 0.05) is 11.8 Å². The Hall–Kier alpha value is -1.87. The molecule has 98 valence electrons. The summed E-state index contributed by atoms with van der Waals surface area (Å²) in [5.74, 6) is 0.493. The second-order valence-corrected chi connectivity index (χ2v) is 9.86. The summed E-state index contributed by atoms with van der Waals surface area (Å²) in [6.45, 7) is 10.2. The predicted octanol–water partition coefficient (Wildman–Crippen LogP) is 4.58. The number of hydrogen-bond donors (Lipinski definition) is 0. The Morgan fingerprint density at radius 3 is 2.53 bits per heavy atom. The second-order valence-electron chi connectivity index (χ2n) is 5.43. The van der Waals surface area contributed by atoms with E-state index < -0.39 is 8.32 Å². The van der Waals surface area contributed by atoms with Gasteiger partial charge < -0.3 is 4.43 Å². The lowest BCUT2D eigenvalue weighted by molar-refractivity contribution is 0.421. The second kappa shape index (κ2) is 5.41. The van der Waals surface area contributed by atoms with Gasteiger partial charge in [-0.15, -0.1) is 0 Å². The molecule has 0 unspecified atom stereocenters. The Bertz CT molecular complexity index is 621. The lowest BCUT2D eigenvalue weighted by atomic mass is 10.1. The molecule has 0 saturated heterocycles. The van der Waals surface area contributed by atoms with Crippen LogP contribution in [0.15, 0.2) is 59.9 Å². The zero-order chi connectivity index (χ0) is 13.9. The van der Waals surface area contributed by atoms with Crippen molar-refractivity contribution >= 4 is 25.3 Å². The first-order valence-corrected chi connectivity index (χ1v) is 9.76. The highest BCUT2D eigenvalue weighted by molar-refractivity contribution is 6.70. The fourth-order valence-electron chi connectivity index (χ4n) is 1.88. The van der Waals surface area contributed by atoms with Gasteiger partial charge in [0.2, 0.25) is 8.32 Å². The van der Waals surface area contributed by atoms with Crippen molar-refractivity contribution in [2.45, 2.75) is 19.6 Å². The van der Waals surface area contributed by atoms with E-state index in [0.29, 0.717) is 5.88 Å². The first-order chi connectivity index (χ1) is 8.96. The molecule has 0 saturated carbocycles. The summed E-state index contributed by atoms with van der Waals surface area (Å²) in [6, 6.07) is 14.4. The molecule has 2 nitrogen and oxygen atoms in total. The molecular formula is C16H19NOSi. The minimum Gasteiger partial charge on any atom is -0.532 e. The van der Waals surface area contributed by atoms with Crippen molar-refractivity contribution in [1.82, 2.24) is 0 Å². The van der Waals surface area contributed by atoms with Gasteiger partial charge in [-0.1, -0.05) is 42.5 Å². The monoisotopic (exact) mass is 269 g/mol. The van der Waals surface area contributed by atoms with Crippen LogP contribution in [-0.4, -0.2) is 14.5 Å². The molecule has 0 heterocycles. The Kier molecular flexibility index (Phi) is 3.86. The van der Waals surface area contributed by atoms with Gasteiger partial charge in [0.15, 0.2) is 5.88 Å². The summed E-state index contributed by atoms with van der Waals surface area (Å²) in [4.78, 5) is 4.32. The molecule has 0 spiro atoms. The van der Waals surface area contributed by atoms with Gasteiger partial charge in [-0.3, -0.25) is 0 Å². The Labute approximate surface area is 115 Å². The molecule has 0 atom stereocenters. The molecular weight excluding hydrogens is 250 g/mol. The molecule has 0 N–H and O–H groups in total. The van der Waals surface area contributed by atoms with E-state index in [2.05, 4.69) is 49.4 Å². The number of hydrogen-bond acceptors (Lipinski definition) is 2. The molecule has 0 bridgehead atoms. The number of nitrogens with zero attached hydrogens (tertiary/aromatic N) is 1. The summed E-state index contributed by atoms with van der Waals surface area (Å²) in [7, 11) is -1.63. The van der Waals surface area contributed by atoms with Gasteiger partial charge in [0.05, 0.1) is 0 Å². The molecule has 19 heavy (non-hydrogen) atoms. The van der Waals surface area contributed by atoms with Crippen molar-refractivity contribution in [2.24, 2.45) is 4.99 Å². The van der Waals surface area contributed by atoms with Crippen LogP contribution >= 0.6 is 0 Å². The van der Waals surface area contributed by atoms with E-state index in [1.165, 1.54) is 10.8 Å². The first-order valence-electron chi connectivity index (χ1n) is 6.35. The smallest absolute Gasteiger partial charge is 0.244 e. The van der Waals surface area contributed by atoms with Crippen molar-refractivity contribution < 1.29 is 4.43 Å². The van der Waals surface area contributed by atoms with Crippen LogP contribution in [0.2, 0.25) is 19.6 Å². The van der Waals surface area contributed by atoms with E-state index in [1.807, 2.05) is 30.5 Å². The number of fused-ring (bicyclic) bond motifs is 1. The zero-order valence-electron chi connectivity index (χ0n) is 11.7. The zero-order valence-corrected chi connectivity index (χ0v) is 12.7. The highest BCUT2D eigenvalue weighted by Gasteiger charge is 2.16. The van der Waals surface area contributed by atoms with Crippen LogP contribution in [-0.2, 0) is 4.43 Å². The van der Waals surface area contributed by atoms with E-state index >= 15 is 0 Å². The lowest BCUT2D eigenvalue weighted by Crippen LogP contribution is -2.24. The predicted molar refractivity (Wildman–Crippen MR) is 85.1 cm³/mol.